The van der Waals surface area contributed by atoms with E-state index in [0.29, 0.717) is 5.92 Å². The number of rotatable bonds is 5. The van der Waals surface area contributed by atoms with Gasteiger partial charge in [-0.1, -0.05) is 12.1 Å². The molecule has 0 spiro atoms. The molecule has 2 N–H and O–H groups in total. The summed E-state index contributed by atoms with van der Waals surface area (Å²) in [7, 11) is 0. The Morgan fingerprint density at radius 3 is 3.04 bits per heavy atom. The van der Waals surface area contributed by atoms with Gasteiger partial charge < -0.3 is 10.3 Å². The minimum atomic E-state index is 0.226. The van der Waals surface area contributed by atoms with Gasteiger partial charge in [0, 0.05) is 67.9 Å². The Morgan fingerprint density at radius 1 is 1.22 bits per heavy atom. The number of aromatic nitrogens is 3. The molecule has 1 aromatic carbocycles. The standard InChI is InChI=1S/C21H25N5O/c27-21(16-4-5-16)23-10-15-11-25(14-18-6-9-24-26(18)12-15)13-17-2-1-3-20-19(17)7-8-22-20/h1-3,6-9,15-16,22H,4-5,10-14H2,(H,23,27). The zero-order valence-corrected chi connectivity index (χ0v) is 15.4. The van der Waals surface area contributed by atoms with E-state index in [1.165, 1.54) is 22.2 Å². The quantitative estimate of drug-likeness (QED) is 0.732. The summed E-state index contributed by atoms with van der Waals surface area (Å²) in [5, 5.41) is 8.95. The lowest BCUT2D eigenvalue weighted by Crippen LogP contribution is -2.37. The molecule has 3 heterocycles. The maximum absolute atomic E-state index is 12.1. The molecular formula is C21H25N5O. The van der Waals surface area contributed by atoms with E-state index in [1.807, 2.05) is 12.4 Å². The molecule has 5 rings (SSSR count). The normalized spacial score (nSPS) is 20.4. The molecular weight excluding hydrogens is 338 g/mol. The Balaban J connectivity index is 1.34. The second kappa shape index (κ2) is 6.85. The third kappa shape index (κ3) is 3.49. The molecule has 1 unspecified atom stereocenters. The summed E-state index contributed by atoms with van der Waals surface area (Å²) in [6.45, 7) is 4.31. The number of nitrogens with zero attached hydrogens (tertiary/aromatic N) is 3. The first-order valence-electron chi connectivity index (χ1n) is 9.82. The van der Waals surface area contributed by atoms with Crippen molar-refractivity contribution < 1.29 is 4.79 Å². The summed E-state index contributed by atoms with van der Waals surface area (Å²) < 4.78 is 2.10. The molecule has 3 aromatic rings. The van der Waals surface area contributed by atoms with Gasteiger partial charge in [0.15, 0.2) is 0 Å². The van der Waals surface area contributed by atoms with Crippen LogP contribution in [0.25, 0.3) is 10.9 Å². The van der Waals surface area contributed by atoms with Crippen molar-refractivity contribution in [2.75, 3.05) is 13.1 Å². The highest BCUT2D eigenvalue weighted by molar-refractivity contribution is 5.82. The molecule has 1 aliphatic carbocycles. The fourth-order valence-electron chi connectivity index (χ4n) is 4.13. The molecule has 1 atom stereocenters. The number of carbonyl (C=O) groups excluding carboxylic acids is 1. The van der Waals surface area contributed by atoms with Crippen molar-refractivity contribution >= 4 is 16.8 Å². The van der Waals surface area contributed by atoms with Crippen LogP contribution in [0.15, 0.2) is 42.7 Å². The van der Waals surface area contributed by atoms with Gasteiger partial charge in [0.2, 0.25) is 5.91 Å². The number of carbonyl (C=O) groups is 1. The van der Waals surface area contributed by atoms with Gasteiger partial charge in [-0.25, -0.2) is 0 Å². The fraction of sp³-hybridized carbons (Fsp3) is 0.429. The molecule has 1 amide bonds. The predicted octanol–water partition coefficient (Wildman–Crippen LogP) is 2.52. The van der Waals surface area contributed by atoms with Gasteiger partial charge in [-0.15, -0.1) is 0 Å². The highest BCUT2D eigenvalue weighted by atomic mass is 16.2. The summed E-state index contributed by atoms with van der Waals surface area (Å²) in [6.07, 6.45) is 5.98. The Hall–Kier alpha value is -2.60. The molecule has 1 saturated carbocycles. The van der Waals surface area contributed by atoms with Crippen molar-refractivity contribution in [3.8, 4) is 0 Å². The van der Waals surface area contributed by atoms with Crippen molar-refractivity contribution in [2.24, 2.45) is 11.8 Å². The lowest BCUT2D eigenvalue weighted by Gasteiger charge is -2.24. The van der Waals surface area contributed by atoms with E-state index in [2.05, 4.69) is 55.3 Å². The summed E-state index contributed by atoms with van der Waals surface area (Å²) in [5.74, 6) is 0.848. The maximum atomic E-state index is 12.1. The third-order valence-corrected chi connectivity index (χ3v) is 5.73. The number of fused-ring (bicyclic) bond motifs is 2. The minimum absolute atomic E-state index is 0.226. The van der Waals surface area contributed by atoms with Crippen molar-refractivity contribution in [1.29, 1.82) is 0 Å². The molecule has 6 nitrogen and oxygen atoms in total. The van der Waals surface area contributed by atoms with Crippen LogP contribution in [0.5, 0.6) is 0 Å². The Kier molecular flexibility index (Phi) is 4.20. The van der Waals surface area contributed by atoms with Crippen LogP contribution < -0.4 is 5.32 Å². The van der Waals surface area contributed by atoms with Crippen molar-refractivity contribution in [3.05, 3.63) is 54.0 Å². The smallest absolute Gasteiger partial charge is 0.223 e. The number of hydrogen-bond donors (Lipinski definition) is 2. The second-order valence-corrected chi connectivity index (χ2v) is 7.92. The monoisotopic (exact) mass is 363 g/mol. The van der Waals surface area contributed by atoms with Crippen LogP contribution in [0, 0.1) is 11.8 Å². The molecule has 140 valence electrons. The first-order valence-corrected chi connectivity index (χ1v) is 9.82. The second-order valence-electron chi connectivity index (χ2n) is 7.92. The Morgan fingerprint density at radius 2 is 2.15 bits per heavy atom. The van der Waals surface area contributed by atoms with E-state index < -0.39 is 0 Å². The topological polar surface area (TPSA) is 66.0 Å². The molecule has 2 aromatic heterocycles. The van der Waals surface area contributed by atoms with E-state index in [0.717, 1.165) is 45.6 Å². The maximum Gasteiger partial charge on any atom is 0.223 e. The van der Waals surface area contributed by atoms with Crippen LogP contribution in [0.1, 0.15) is 24.1 Å². The molecule has 6 heteroatoms. The highest BCUT2D eigenvalue weighted by Gasteiger charge is 2.30. The summed E-state index contributed by atoms with van der Waals surface area (Å²) in [6, 6.07) is 10.7. The average Bonchev–Trinajstić information content (AvgIpc) is 3.30. The van der Waals surface area contributed by atoms with Crippen LogP contribution in [0.4, 0.5) is 0 Å². The van der Waals surface area contributed by atoms with Crippen LogP contribution in [-0.4, -0.2) is 38.7 Å². The molecule has 1 fully saturated rings. The van der Waals surface area contributed by atoms with Gasteiger partial charge in [-0.3, -0.25) is 14.4 Å². The zero-order valence-electron chi connectivity index (χ0n) is 15.4. The fourth-order valence-corrected chi connectivity index (χ4v) is 4.13. The van der Waals surface area contributed by atoms with Gasteiger partial charge in [0.05, 0.1) is 5.69 Å². The highest BCUT2D eigenvalue weighted by Crippen LogP contribution is 2.29. The first-order chi connectivity index (χ1) is 13.3. The van der Waals surface area contributed by atoms with Crippen molar-refractivity contribution in [3.63, 3.8) is 0 Å². The summed E-state index contributed by atoms with van der Waals surface area (Å²) >= 11 is 0. The molecule has 2 aliphatic rings. The average molecular weight is 363 g/mol. The lowest BCUT2D eigenvalue weighted by atomic mass is 10.1. The van der Waals surface area contributed by atoms with Gasteiger partial charge in [-0.2, -0.15) is 5.10 Å². The molecule has 27 heavy (non-hydrogen) atoms. The summed E-state index contributed by atoms with van der Waals surface area (Å²) in [5.41, 5.74) is 3.76. The number of benzene rings is 1. The summed E-state index contributed by atoms with van der Waals surface area (Å²) in [4.78, 5) is 17.8. The van der Waals surface area contributed by atoms with Gasteiger partial charge in [0.25, 0.3) is 0 Å². The Bertz CT molecular complexity index is 954. The molecule has 0 radical (unpaired) electrons. The number of hydrogen-bond acceptors (Lipinski definition) is 3. The van der Waals surface area contributed by atoms with Crippen LogP contribution in [0.2, 0.25) is 0 Å². The number of nitrogens with one attached hydrogen (secondary N) is 2. The van der Waals surface area contributed by atoms with Gasteiger partial charge >= 0.3 is 0 Å². The predicted molar refractivity (Wildman–Crippen MR) is 104 cm³/mol. The zero-order chi connectivity index (χ0) is 18.2. The van der Waals surface area contributed by atoms with Crippen LogP contribution in [0.3, 0.4) is 0 Å². The SMILES string of the molecule is O=C(NCC1CN(Cc2cccc3[nH]ccc23)Cc2ccnn2C1)C1CC1. The third-order valence-electron chi connectivity index (χ3n) is 5.73. The number of aromatic amines is 1. The minimum Gasteiger partial charge on any atom is -0.361 e. The molecule has 1 aliphatic heterocycles. The van der Waals surface area contributed by atoms with E-state index in [4.69, 9.17) is 0 Å². The number of H-pyrrole nitrogens is 1. The lowest BCUT2D eigenvalue weighted by molar-refractivity contribution is -0.122. The van der Waals surface area contributed by atoms with Gasteiger partial charge in [0.1, 0.15) is 0 Å². The van der Waals surface area contributed by atoms with Crippen LogP contribution >= 0.6 is 0 Å². The van der Waals surface area contributed by atoms with E-state index in [9.17, 15) is 4.79 Å². The van der Waals surface area contributed by atoms with E-state index in [1.54, 1.807) is 0 Å². The number of amides is 1. The van der Waals surface area contributed by atoms with Crippen molar-refractivity contribution in [2.45, 2.75) is 32.5 Å². The van der Waals surface area contributed by atoms with E-state index in [-0.39, 0.29) is 11.8 Å². The van der Waals surface area contributed by atoms with Gasteiger partial charge in [-0.05, 0) is 36.6 Å². The Labute approximate surface area is 158 Å². The van der Waals surface area contributed by atoms with Crippen molar-refractivity contribution in [1.82, 2.24) is 25.0 Å². The van der Waals surface area contributed by atoms with E-state index >= 15 is 0 Å². The first kappa shape index (κ1) is 16.6. The molecule has 0 bridgehead atoms. The van der Waals surface area contributed by atoms with Crippen LogP contribution in [-0.2, 0) is 24.4 Å². The molecule has 0 saturated heterocycles. The largest absolute Gasteiger partial charge is 0.361 e.